The van der Waals surface area contributed by atoms with Crippen LogP contribution in [0.4, 0.5) is 0 Å². The van der Waals surface area contributed by atoms with Crippen LogP contribution in [0, 0.1) is 0 Å². The molecule has 0 fully saturated rings. The Balaban J connectivity index is 2.54. The quantitative estimate of drug-likeness (QED) is 0.736. The Kier molecular flexibility index (Phi) is 4.20. The van der Waals surface area contributed by atoms with Crippen molar-refractivity contribution in [2.24, 2.45) is 0 Å². The first kappa shape index (κ1) is 12.6. The average Bonchev–Trinajstić information content (AvgIpc) is 2.43. The second-order valence-corrected chi connectivity index (χ2v) is 11.9. The van der Waals surface area contributed by atoms with E-state index in [1.165, 1.54) is 9.45 Å². The predicted molar refractivity (Wildman–Crippen MR) is 73.1 cm³/mol. The molecule has 0 atom stereocenters. The second-order valence-electron chi connectivity index (χ2n) is 4.52. The first-order valence-corrected chi connectivity index (χ1v) is 10.2. The minimum atomic E-state index is -2.08. The number of hydrogen-bond donors (Lipinski definition) is 0. The molecule has 0 aliphatic carbocycles. The van der Waals surface area contributed by atoms with Gasteiger partial charge in [-0.05, 0) is 0 Å². The minimum absolute atomic E-state index is 1.32. The molecule has 0 amide bonds. The Hall–Kier alpha value is -0.846. The van der Waals surface area contributed by atoms with Crippen LogP contribution in [0.25, 0.3) is 0 Å². The van der Waals surface area contributed by atoms with Gasteiger partial charge in [-0.15, -0.1) is 0 Å². The molecule has 0 nitrogen and oxygen atoms in total. The number of rotatable bonds is 4. The van der Waals surface area contributed by atoms with Crippen LogP contribution < -0.4 is 7.74 Å². The van der Waals surface area contributed by atoms with Gasteiger partial charge in [-0.25, -0.2) is 0 Å². The topological polar surface area (TPSA) is 0 Å². The van der Waals surface area contributed by atoms with Gasteiger partial charge in [-0.1, -0.05) is 0 Å². The first-order chi connectivity index (χ1) is 8.33. The zero-order valence-electron chi connectivity index (χ0n) is 10.7. The molecular formula is C16H20Ti. The van der Waals surface area contributed by atoms with E-state index >= 15 is 0 Å². The Labute approximate surface area is 108 Å². The van der Waals surface area contributed by atoms with Crippen molar-refractivity contribution in [3.05, 3.63) is 60.7 Å². The molecule has 0 bridgehead atoms. The van der Waals surface area contributed by atoms with Crippen molar-refractivity contribution in [1.29, 1.82) is 0 Å². The second kappa shape index (κ2) is 5.66. The normalized spacial score (nSPS) is 11.4. The SMILES string of the molecule is C[CH2][Ti]([CH2]C)([c]1ccccc1)[c]1ccccc1. The fraction of sp³-hybridized carbons (Fsp3) is 0.250. The van der Waals surface area contributed by atoms with Gasteiger partial charge in [0.2, 0.25) is 0 Å². The molecule has 0 aliphatic heterocycles. The van der Waals surface area contributed by atoms with Crippen LogP contribution in [0.1, 0.15) is 13.8 Å². The molecule has 88 valence electrons. The van der Waals surface area contributed by atoms with Crippen LogP contribution in [-0.2, 0) is 16.6 Å². The standard InChI is InChI=1S/2C6H5.2C2H5.Ti/c2*1-2-4-6-5-3-1;2*1-2;/h2*1-5H;2*1H2,2H3;. The van der Waals surface area contributed by atoms with Crippen molar-refractivity contribution >= 4 is 7.74 Å². The van der Waals surface area contributed by atoms with Gasteiger partial charge in [0, 0.05) is 0 Å². The molecule has 2 aromatic rings. The van der Waals surface area contributed by atoms with Crippen LogP contribution in [0.5, 0.6) is 0 Å². The fourth-order valence-corrected chi connectivity index (χ4v) is 9.19. The van der Waals surface area contributed by atoms with Gasteiger partial charge in [0.05, 0.1) is 0 Å². The maximum atomic E-state index is 2.36. The third kappa shape index (κ3) is 2.39. The van der Waals surface area contributed by atoms with Gasteiger partial charge in [0.1, 0.15) is 0 Å². The molecule has 0 radical (unpaired) electrons. The molecule has 0 aromatic heterocycles. The molecule has 2 rings (SSSR count). The van der Waals surface area contributed by atoms with Crippen molar-refractivity contribution in [2.45, 2.75) is 23.3 Å². The van der Waals surface area contributed by atoms with Gasteiger partial charge >= 0.3 is 108 Å². The zero-order valence-corrected chi connectivity index (χ0v) is 12.2. The van der Waals surface area contributed by atoms with Gasteiger partial charge in [0.25, 0.3) is 0 Å². The molecule has 17 heavy (non-hydrogen) atoms. The summed E-state index contributed by atoms with van der Waals surface area (Å²) in [6, 6.07) is 22.3. The number of benzene rings is 2. The van der Waals surface area contributed by atoms with Crippen molar-refractivity contribution in [2.75, 3.05) is 0 Å². The Bertz CT molecular complexity index is 402. The molecule has 0 saturated heterocycles. The average molecular weight is 260 g/mol. The Morgan fingerprint density at radius 3 is 1.29 bits per heavy atom. The summed E-state index contributed by atoms with van der Waals surface area (Å²) in [6.07, 6.45) is 0. The predicted octanol–water partition coefficient (Wildman–Crippen LogP) is 3.67. The Morgan fingerprint density at radius 2 is 1.00 bits per heavy atom. The van der Waals surface area contributed by atoms with Gasteiger partial charge in [-0.2, -0.15) is 0 Å². The van der Waals surface area contributed by atoms with E-state index in [2.05, 4.69) is 74.5 Å². The van der Waals surface area contributed by atoms with Crippen LogP contribution in [0.2, 0.25) is 9.45 Å². The van der Waals surface area contributed by atoms with E-state index in [0.717, 1.165) is 0 Å². The molecule has 0 spiro atoms. The van der Waals surface area contributed by atoms with E-state index in [-0.39, 0.29) is 0 Å². The van der Waals surface area contributed by atoms with E-state index in [9.17, 15) is 0 Å². The van der Waals surface area contributed by atoms with Gasteiger partial charge < -0.3 is 0 Å². The molecule has 0 heterocycles. The molecule has 0 unspecified atom stereocenters. The summed E-state index contributed by atoms with van der Waals surface area (Å²) < 4.78 is 5.88. The zero-order chi connectivity index (χ0) is 12.1. The summed E-state index contributed by atoms with van der Waals surface area (Å²) in [6.45, 7) is 4.73. The van der Waals surface area contributed by atoms with Crippen LogP contribution in [-0.4, -0.2) is 0 Å². The molecule has 0 N–H and O–H groups in total. The van der Waals surface area contributed by atoms with E-state index in [0.29, 0.717) is 0 Å². The number of hydrogen-bond acceptors (Lipinski definition) is 0. The van der Waals surface area contributed by atoms with Crippen LogP contribution in [0.15, 0.2) is 60.7 Å². The van der Waals surface area contributed by atoms with E-state index in [1.54, 1.807) is 7.74 Å². The van der Waals surface area contributed by atoms with E-state index in [1.807, 2.05) is 0 Å². The van der Waals surface area contributed by atoms with Gasteiger partial charge in [-0.3, -0.25) is 0 Å². The summed E-state index contributed by atoms with van der Waals surface area (Å²) in [4.78, 5) is 0. The van der Waals surface area contributed by atoms with Crippen molar-refractivity contribution in [3.63, 3.8) is 0 Å². The third-order valence-corrected chi connectivity index (χ3v) is 12.1. The third-order valence-electron chi connectivity index (χ3n) is 3.86. The summed E-state index contributed by atoms with van der Waals surface area (Å²) in [7, 11) is 0. The van der Waals surface area contributed by atoms with Crippen molar-refractivity contribution in [3.8, 4) is 0 Å². The molecule has 2 aromatic carbocycles. The summed E-state index contributed by atoms with van der Waals surface area (Å²) >= 11 is -2.08. The Morgan fingerprint density at radius 1 is 0.647 bits per heavy atom. The van der Waals surface area contributed by atoms with Crippen LogP contribution in [0.3, 0.4) is 0 Å². The molecule has 1 heteroatoms. The van der Waals surface area contributed by atoms with Crippen molar-refractivity contribution < 1.29 is 16.6 Å². The summed E-state index contributed by atoms with van der Waals surface area (Å²) in [5.74, 6) is 0. The van der Waals surface area contributed by atoms with E-state index in [4.69, 9.17) is 0 Å². The summed E-state index contributed by atoms with van der Waals surface area (Å²) in [5.41, 5.74) is 0. The molecular weight excluding hydrogens is 240 g/mol. The summed E-state index contributed by atoms with van der Waals surface area (Å²) in [5, 5.41) is 0. The fourth-order valence-electron chi connectivity index (χ4n) is 2.75. The first-order valence-electron chi connectivity index (χ1n) is 6.44. The molecule has 0 aliphatic rings. The van der Waals surface area contributed by atoms with E-state index < -0.39 is 16.6 Å². The van der Waals surface area contributed by atoms with Crippen molar-refractivity contribution in [1.82, 2.24) is 0 Å². The van der Waals surface area contributed by atoms with Crippen LogP contribution >= 0.6 is 0 Å². The maximum absolute atomic E-state index is 2.36. The molecule has 0 saturated carbocycles. The van der Waals surface area contributed by atoms with Gasteiger partial charge in [0.15, 0.2) is 0 Å². The monoisotopic (exact) mass is 260 g/mol.